The van der Waals surface area contributed by atoms with E-state index in [0.29, 0.717) is 11.6 Å². The lowest BCUT2D eigenvalue weighted by Gasteiger charge is -2.04. The van der Waals surface area contributed by atoms with E-state index in [1.165, 1.54) is 0 Å². The molecule has 0 aliphatic rings. The standard InChI is InChI=1S/C14H8BrF3N4O2/c15-9-3-1-8(2-4-9)11(24)6-21-13-10(23)5-12(14(16,17)18)20-22(13)7-19-21/h1-5,7H,6H2/p+1. The maximum Gasteiger partial charge on any atom is 0.434 e. The molecule has 6 nitrogen and oxygen atoms in total. The summed E-state index contributed by atoms with van der Waals surface area (Å²) in [4.78, 5) is 24.2. The molecule has 10 heteroatoms. The summed E-state index contributed by atoms with van der Waals surface area (Å²) >= 11 is 3.25. The van der Waals surface area contributed by atoms with E-state index in [9.17, 15) is 22.8 Å². The first-order valence-corrected chi connectivity index (χ1v) is 7.41. The summed E-state index contributed by atoms with van der Waals surface area (Å²) < 4.78 is 40.8. The number of H-pyrrole nitrogens is 1. The molecule has 1 N–H and O–H groups in total. The third-order valence-corrected chi connectivity index (χ3v) is 3.81. The Morgan fingerprint density at radius 3 is 2.58 bits per heavy atom. The minimum Gasteiger partial charge on any atom is -0.290 e. The van der Waals surface area contributed by atoms with Crippen LogP contribution < -0.4 is 9.94 Å². The molecule has 0 atom stereocenters. The van der Waals surface area contributed by atoms with E-state index in [2.05, 4.69) is 21.0 Å². The number of alkyl halides is 3. The number of nitrogens with one attached hydrogen (secondary N) is 1. The lowest BCUT2D eigenvalue weighted by atomic mass is 10.1. The smallest absolute Gasteiger partial charge is 0.290 e. The Hall–Kier alpha value is -2.49. The van der Waals surface area contributed by atoms with Crippen molar-refractivity contribution in [3.8, 4) is 0 Å². The summed E-state index contributed by atoms with van der Waals surface area (Å²) in [6.07, 6.45) is -3.67. The van der Waals surface area contributed by atoms with E-state index in [4.69, 9.17) is 0 Å². The zero-order chi connectivity index (χ0) is 17.5. The highest BCUT2D eigenvalue weighted by Crippen LogP contribution is 2.25. The quantitative estimate of drug-likeness (QED) is 0.538. The van der Waals surface area contributed by atoms with Gasteiger partial charge in [0.25, 0.3) is 11.8 Å². The predicted octanol–water partition coefficient (Wildman–Crippen LogP) is 1.97. The average molecular weight is 402 g/mol. The third kappa shape index (κ3) is 3.09. The molecule has 0 aliphatic carbocycles. The van der Waals surface area contributed by atoms with Gasteiger partial charge in [0, 0.05) is 21.2 Å². The molecule has 0 fully saturated rings. The lowest BCUT2D eigenvalue weighted by molar-refractivity contribution is -0.584. The second kappa shape index (κ2) is 5.86. The summed E-state index contributed by atoms with van der Waals surface area (Å²) in [6.45, 7) is -0.271. The summed E-state index contributed by atoms with van der Waals surface area (Å²) in [5.41, 5.74) is -1.84. The SMILES string of the molecule is O=C(Cn1nc[n+]2[nH]c(C(F)(F)F)cc(=O)c12)c1ccc(Br)cc1. The second-order valence-electron chi connectivity index (χ2n) is 4.94. The van der Waals surface area contributed by atoms with Crippen molar-refractivity contribution < 1.29 is 22.5 Å². The number of ketones is 1. The number of nitrogens with zero attached hydrogens (tertiary/aromatic N) is 3. The lowest BCUT2D eigenvalue weighted by Crippen LogP contribution is -2.35. The van der Waals surface area contributed by atoms with Crippen molar-refractivity contribution in [1.82, 2.24) is 14.9 Å². The normalized spacial score (nSPS) is 11.8. The molecule has 1 aromatic carbocycles. The van der Waals surface area contributed by atoms with Gasteiger partial charge in [-0.3, -0.25) is 9.59 Å². The van der Waals surface area contributed by atoms with Gasteiger partial charge in [-0.2, -0.15) is 13.2 Å². The number of aromatic amines is 1. The first kappa shape index (κ1) is 16.4. The number of benzene rings is 1. The van der Waals surface area contributed by atoms with E-state index < -0.39 is 17.3 Å². The molecule has 0 unspecified atom stereocenters. The van der Waals surface area contributed by atoms with Gasteiger partial charge < -0.3 is 0 Å². The van der Waals surface area contributed by atoms with Crippen LogP contribution in [-0.4, -0.2) is 20.7 Å². The Kier molecular flexibility index (Phi) is 3.99. The number of Topliss-reactive ketones (excluding diaryl/α,β-unsaturated/α-hetero) is 1. The zero-order valence-corrected chi connectivity index (χ0v) is 13.4. The van der Waals surface area contributed by atoms with Crippen LogP contribution in [0.2, 0.25) is 0 Å². The Labute approximate surface area is 140 Å². The molecule has 0 spiro atoms. The van der Waals surface area contributed by atoms with Crippen molar-refractivity contribution >= 4 is 27.4 Å². The molecular weight excluding hydrogens is 393 g/mol. The zero-order valence-electron chi connectivity index (χ0n) is 11.8. The fraction of sp³-hybridized carbons (Fsp3) is 0.143. The summed E-state index contributed by atoms with van der Waals surface area (Å²) in [6, 6.07) is 7.00. The molecule has 0 amide bonds. The van der Waals surface area contributed by atoms with Crippen LogP contribution in [0.15, 0.2) is 45.9 Å². The van der Waals surface area contributed by atoms with Gasteiger partial charge in [0.15, 0.2) is 18.0 Å². The van der Waals surface area contributed by atoms with Crippen LogP contribution in [-0.2, 0) is 12.7 Å². The molecule has 3 rings (SSSR count). The molecule has 124 valence electrons. The molecule has 0 bridgehead atoms. The Morgan fingerprint density at radius 2 is 1.96 bits per heavy atom. The first-order valence-electron chi connectivity index (χ1n) is 6.62. The minimum atomic E-state index is -4.68. The van der Waals surface area contributed by atoms with Crippen LogP contribution in [0.4, 0.5) is 13.2 Å². The van der Waals surface area contributed by atoms with E-state index in [1.807, 2.05) is 5.10 Å². The summed E-state index contributed by atoms with van der Waals surface area (Å²) in [5.74, 6) is -0.326. The number of carbonyl (C=O) groups is 1. The minimum absolute atomic E-state index is 0.159. The maximum absolute atomic E-state index is 12.7. The van der Waals surface area contributed by atoms with Crippen LogP contribution in [0.5, 0.6) is 0 Å². The molecule has 0 saturated carbocycles. The molecule has 2 aromatic heterocycles. The number of hydrogen-bond acceptors (Lipinski definition) is 3. The Balaban J connectivity index is 1.98. The molecule has 0 radical (unpaired) electrons. The fourth-order valence-corrected chi connectivity index (χ4v) is 2.42. The number of aromatic nitrogens is 4. The largest absolute Gasteiger partial charge is 0.434 e. The topological polar surface area (TPSA) is 71.8 Å². The Morgan fingerprint density at radius 1 is 1.29 bits per heavy atom. The van der Waals surface area contributed by atoms with Crippen LogP contribution >= 0.6 is 15.9 Å². The first-order chi connectivity index (χ1) is 11.3. The fourth-order valence-electron chi connectivity index (χ4n) is 2.16. The van der Waals surface area contributed by atoms with Crippen molar-refractivity contribution in [2.24, 2.45) is 0 Å². The third-order valence-electron chi connectivity index (χ3n) is 3.28. The summed E-state index contributed by atoms with van der Waals surface area (Å²) in [7, 11) is 0. The van der Waals surface area contributed by atoms with Gasteiger partial charge in [0.05, 0.1) is 0 Å². The summed E-state index contributed by atoms with van der Waals surface area (Å²) in [5, 5.41) is 5.85. The number of hydrogen-bond donors (Lipinski definition) is 1. The number of carbonyl (C=O) groups excluding carboxylic acids is 1. The average Bonchev–Trinajstić information content (AvgIpc) is 2.90. The highest BCUT2D eigenvalue weighted by molar-refractivity contribution is 9.10. The van der Waals surface area contributed by atoms with Gasteiger partial charge in [0.1, 0.15) is 0 Å². The van der Waals surface area contributed by atoms with Gasteiger partial charge in [0.2, 0.25) is 0 Å². The molecule has 24 heavy (non-hydrogen) atoms. The van der Waals surface area contributed by atoms with Gasteiger partial charge >= 0.3 is 11.8 Å². The van der Waals surface area contributed by atoms with Crippen molar-refractivity contribution in [3.63, 3.8) is 0 Å². The molecule has 2 heterocycles. The number of fused-ring (bicyclic) bond motifs is 1. The second-order valence-corrected chi connectivity index (χ2v) is 5.86. The van der Waals surface area contributed by atoms with Crippen LogP contribution in [0.1, 0.15) is 16.1 Å². The van der Waals surface area contributed by atoms with Crippen molar-refractivity contribution in [2.45, 2.75) is 12.7 Å². The van der Waals surface area contributed by atoms with Gasteiger partial charge in [-0.15, -0.1) is 4.52 Å². The Bertz CT molecular complexity index is 976. The van der Waals surface area contributed by atoms with E-state index >= 15 is 0 Å². The van der Waals surface area contributed by atoms with Crippen molar-refractivity contribution in [1.29, 1.82) is 0 Å². The maximum atomic E-state index is 12.7. The van der Waals surface area contributed by atoms with Gasteiger partial charge in [-0.1, -0.05) is 32.7 Å². The van der Waals surface area contributed by atoms with E-state index in [1.54, 1.807) is 24.3 Å². The molecule has 0 aliphatic heterocycles. The highest BCUT2D eigenvalue weighted by atomic mass is 79.9. The molecule has 0 saturated heterocycles. The van der Waals surface area contributed by atoms with Crippen molar-refractivity contribution in [3.05, 3.63) is 62.6 Å². The highest BCUT2D eigenvalue weighted by Gasteiger charge is 2.34. The van der Waals surface area contributed by atoms with Gasteiger partial charge in [-0.05, 0) is 12.1 Å². The molecule has 3 aromatic rings. The monoisotopic (exact) mass is 401 g/mol. The van der Waals surface area contributed by atoms with Gasteiger partial charge in [-0.25, -0.2) is 5.10 Å². The van der Waals surface area contributed by atoms with E-state index in [-0.39, 0.29) is 18.0 Å². The van der Waals surface area contributed by atoms with Crippen LogP contribution in [0, 0.1) is 0 Å². The predicted molar refractivity (Wildman–Crippen MR) is 79.5 cm³/mol. The molecular formula is C14H9BrF3N4O2+. The number of rotatable bonds is 3. The van der Waals surface area contributed by atoms with Crippen molar-refractivity contribution in [2.75, 3.05) is 0 Å². The van der Waals surface area contributed by atoms with Crippen LogP contribution in [0.25, 0.3) is 5.65 Å². The van der Waals surface area contributed by atoms with E-state index in [0.717, 1.165) is 20.0 Å². The van der Waals surface area contributed by atoms with Crippen LogP contribution in [0.3, 0.4) is 0 Å². The number of halogens is 4.